The molecule has 4 heteroatoms. The molecule has 0 bridgehead atoms. The van der Waals surface area contributed by atoms with Crippen LogP contribution in [0.25, 0.3) is 0 Å². The zero-order valence-electron chi connectivity index (χ0n) is 12.3. The van der Waals surface area contributed by atoms with Crippen molar-refractivity contribution in [2.75, 3.05) is 0 Å². The second-order valence-electron chi connectivity index (χ2n) is 5.34. The third kappa shape index (κ3) is 6.21. The van der Waals surface area contributed by atoms with Crippen LogP contribution in [0.5, 0.6) is 0 Å². The number of halogens is 2. The van der Waals surface area contributed by atoms with Crippen molar-refractivity contribution in [2.45, 2.75) is 64.3 Å². The largest absolute Gasteiger partial charge is 0.271 e. The Bertz CT molecular complexity index is 385. The van der Waals surface area contributed by atoms with E-state index in [1.54, 1.807) is 6.07 Å². The molecule has 0 aliphatic rings. The second kappa shape index (κ2) is 10.1. The fraction of sp³-hybridized carbons (Fsp3) is 0.625. The fourth-order valence-corrected chi connectivity index (χ4v) is 2.59. The Labute approximate surface area is 126 Å². The molecule has 3 N–H and O–H groups in total. The molecule has 1 unspecified atom stereocenters. The maximum absolute atomic E-state index is 13.4. The topological polar surface area (TPSA) is 38.0 Å². The third-order valence-corrected chi connectivity index (χ3v) is 4.06. The number of nitrogens with two attached hydrogens (primary N) is 1. The summed E-state index contributed by atoms with van der Waals surface area (Å²) >= 11 is 5.97. The summed E-state index contributed by atoms with van der Waals surface area (Å²) in [4.78, 5) is 0. The zero-order valence-corrected chi connectivity index (χ0v) is 13.1. The van der Waals surface area contributed by atoms with Crippen molar-refractivity contribution >= 4 is 11.6 Å². The van der Waals surface area contributed by atoms with Gasteiger partial charge in [0.25, 0.3) is 0 Å². The van der Waals surface area contributed by atoms with Crippen LogP contribution in [0.4, 0.5) is 4.39 Å². The van der Waals surface area contributed by atoms with Crippen LogP contribution in [0.15, 0.2) is 18.2 Å². The van der Waals surface area contributed by atoms with E-state index in [1.165, 1.54) is 38.2 Å². The molecule has 20 heavy (non-hydrogen) atoms. The van der Waals surface area contributed by atoms with E-state index < -0.39 is 0 Å². The molecule has 0 spiro atoms. The predicted octanol–water partition coefficient (Wildman–Crippen LogP) is 4.60. The third-order valence-electron chi connectivity index (χ3n) is 3.64. The monoisotopic (exact) mass is 300 g/mol. The van der Waals surface area contributed by atoms with Gasteiger partial charge in [-0.15, -0.1) is 0 Å². The van der Waals surface area contributed by atoms with Gasteiger partial charge in [0.15, 0.2) is 0 Å². The summed E-state index contributed by atoms with van der Waals surface area (Å²) in [6.07, 6.45) is 9.22. The molecular weight excluding hydrogens is 275 g/mol. The van der Waals surface area contributed by atoms with Crippen LogP contribution in [0.1, 0.15) is 57.4 Å². The Morgan fingerprint density at radius 2 is 1.90 bits per heavy atom. The molecule has 0 heterocycles. The zero-order chi connectivity index (χ0) is 14.8. The summed E-state index contributed by atoms with van der Waals surface area (Å²) in [5.41, 5.74) is 3.64. The SMILES string of the molecule is CCCCCCCCC(Cc1cccc(F)c1Cl)NN. The minimum Gasteiger partial charge on any atom is -0.271 e. The smallest absolute Gasteiger partial charge is 0.142 e. The minimum atomic E-state index is -0.362. The van der Waals surface area contributed by atoms with E-state index in [9.17, 15) is 4.39 Å². The van der Waals surface area contributed by atoms with Gasteiger partial charge < -0.3 is 0 Å². The van der Waals surface area contributed by atoms with Gasteiger partial charge in [-0.2, -0.15) is 0 Å². The van der Waals surface area contributed by atoms with Crippen LogP contribution >= 0.6 is 11.6 Å². The molecule has 0 fully saturated rings. The van der Waals surface area contributed by atoms with Crippen molar-refractivity contribution in [3.05, 3.63) is 34.6 Å². The van der Waals surface area contributed by atoms with Crippen molar-refractivity contribution in [3.8, 4) is 0 Å². The maximum Gasteiger partial charge on any atom is 0.142 e. The van der Waals surface area contributed by atoms with Crippen molar-refractivity contribution in [2.24, 2.45) is 5.84 Å². The van der Waals surface area contributed by atoms with Gasteiger partial charge in [0.1, 0.15) is 5.82 Å². The first-order chi connectivity index (χ1) is 9.69. The van der Waals surface area contributed by atoms with E-state index in [2.05, 4.69) is 12.3 Å². The van der Waals surface area contributed by atoms with E-state index in [1.807, 2.05) is 6.07 Å². The van der Waals surface area contributed by atoms with Crippen molar-refractivity contribution in [3.63, 3.8) is 0 Å². The molecule has 0 aliphatic carbocycles. The first-order valence-corrected chi connectivity index (χ1v) is 7.95. The van der Waals surface area contributed by atoms with Gasteiger partial charge in [0.2, 0.25) is 0 Å². The van der Waals surface area contributed by atoms with Crippen LogP contribution in [0.3, 0.4) is 0 Å². The highest BCUT2D eigenvalue weighted by Crippen LogP contribution is 2.22. The van der Waals surface area contributed by atoms with Gasteiger partial charge in [-0.1, -0.05) is 69.2 Å². The molecule has 1 atom stereocenters. The lowest BCUT2D eigenvalue weighted by Gasteiger charge is -2.16. The maximum atomic E-state index is 13.4. The first kappa shape index (κ1) is 17.4. The number of benzene rings is 1. The van der Waals surface area contributed by atoms with Gasteiger partial charge >= 0.3 is 0 Å². The number of nitrogens with one attached hydrogen (secondary N) is 1. The average molecular weight is 301 g/mol. The van der Waals surface area contributed by atoms with E-state index in [0.717, 1.165) is 18.4 Å². The molecule has 1 aromatic rings. The summed E-state index contributed by atoms with van der Waals surface area (Å²) in [6, 6.07) is 5.08. The number of hydrogen-bond donors (Lipinski definition) is 2. The standard InChI is InChI=1S/C16H26ClFN2/c1-2-3-4-5-6-7-10-14(20-19)12-13-9-8-11-15(18)16(13)17/h8-9,11,14,20H,2-7,10,12,19H2,1H3. The summed E-state index contributed by atoms with van der Waals surface area (Å²) < 4.78 is 13.4. The van der Waals surface area contributed by atoms with Crippen LogP contribution in [-0.2, 0) is 6.42 Å². The second-order valence-corrected chi connectivity index (χ2v) is 5.72. The lowest BCUT2D eigenvalue weighted by atomic mass is 10.00. The average Bonchev–Trinajstić information content (AvgIpc) is 2.46. The Morgan fingerprint density at radius 3 is 2.60 bits per heavy atom. The van der Waals surface area contributed by atoms with E-state index in [0.29, 0.717) is 6.42 Å². The molecule has 2 nitrogen and oxygen atoms in total. The van der Waals surface area contributed by atoms with Gasteiger partial charge in [-0.05, 0) is 24.5 Å². The van der Waals surface area contributed by atoms with Gasteiger partial charge in [-0.25, -0.2) is 4.39 Å². The van der Waals surface area contributed by atoms with E-state index >= 15 is 0 Å². The van der Waals surface area contributed by atoms with Crippen LogP contribution in [0.2, 0.25) is 5.02 Å². The summed E-state index contributed by atoms with van der Waals surface area (Å²) in [5, 5.41) is 0.218. The number of hydrazine groups is 1. The fourth-order valence-electron chi connectivity index (χ4n) is 2.39. The molecule has 1 rings (SSSR count). The minimum absolute atomic E-state index is 0.153. The van der Waals surface area contributed by atoms with Crippen molar-refractivity contribution in [1.29, 1.82) is 0 Å². The van der Waals surface area contributed by atoms with Gasteiger partial charge in [-0.3, -0.25) is 11.3 Å². The molecule has 0 saturated carbocycles. The van der Waals surface area contributed by atoms with Gasteiger partial charge in [0, 0.05) is 6.04 Å². The summed E-state index contributed by atoms with van der Waals surface area (Å²) in [5.74, 6) is 5.22. The molecule has 0 saturated heterocycles. The summed E-state index contributed by atoms with van der Waals surface area (Å²) in [6.45, 7) is 2.22. The Hall–Kier alpha value is -0.640. The van der Waals surface area contributed by atoms with Crippen LogP contribution < -0.4 is 11.3 Å². The molecular formula is C16H26ClFN2. The normalized spacial score (nSPS) is 12.6. The highest BCUT2D eigenvalue weighted by Gasteiger charge is 2.12. The molecule has 114 valence electrons. The number of unbranched alkanes of at least 4 members (excludes halogenated alkanes) is 5. The van der Waals surface area contributed by atoms with Crippen LogP contribution in [-0.4, -0.2) is 6.04 Å². The van der Waals surface area contributed by atoms with Crippen molar-refractivity contribution in [1.82, 2.24) is 5.43 Å². The lowest BCUT2D eigenvalue weighted by Crippen LogP contribution is -2.36. The van der Waals surface area contributed by atoms with Gasteiger partial charge in [0.05, 0.1) is 5.02 Å². The van der Waals surface area contributed by atoms with E-state index in [4.69, 9.17) is 17.4 Å². The molecule has 0 radical (unpaired) electrons. The summed E-state index contributed by atoms with van der Waals surface area (Å²) in [7, 11) is 0. The Balaban J connectivity index is 2.34. The molecule has 0 aromatic heterocycles. The van der Waals surface area contributed by atoms with Crippen molar-refractivity contribution < 1.29 is 4.39 Å². The quantitative estimate of drug-likeness (QED) is 0.376. The first-order valence-electron chi connectivity index (χ1n) is 7.58. The number of hydrogen-bond acceptors (Lipinski definition) is 2. The molecule has 1 aromatic carbocycles. The predicted molar refractivity (Wildman–Crippen MR) is 84.2 cm³/mol. The lowest BCUT2D eigenvalue weighted by molar-refractivity contribution is 0.459. The highest BCUT2D eigenvalue weighted by atomic mass is 35.5. The number of rotatable bonds is 10. The Kier molecular flexibility index (Phi) is 8.83. The molecule has 0 aliphatic heterocycles. The Morgan fingerprint density at radius 1 is 1.20 bits per heavy atom. The van der Waals surface area contributed by atoms with E-state index in [-0.39, 0.29) is 16.9 Å². The highest BCUT2D eigenvalue weighted by molar-refractivity contribution is 6.31. The van der Waals surface area contributed by atoms with Crippen LogP contribution in [0, 0.1) is 5.82 Å². The molecule has 0 amide bonds.